The van der Waals surface area contributed by atoms with Crippen molar-refractivity contribution in [3.63, 3.8) is 0 Å². The van der Waals surface area contributed by atoms with E-state index >= 15 is 0 Å². The molecule has 1 aromatic rings. The third-order valence-corrected chi connectivity index (χ3v) is 5.75. The molecule has 0 aromatic carbocycles. The molecule has 114 valence electrons. The fraction of sp³-hybridized carbons (Fsp3) is 0.706. The normalized spacial score (nSPS) is 36.9. The zero-order valence-corrected chi connectivity index (χ0v) is 13.1. The van der Waals surface area contributed by atoms with Gasteiger partial charge in [0.25, 0.3) is 0 Å². The minimum atomic E-state index is 0.212. The number of nitrogens with one attached hydrogen (secondary N) is 1. The molecule has 1 heterocycles. The van der Waals surface area contributed by atoms with E-state index in [9.17, 15) is 0 Å². The number of ether oxygens (including phenoxy) is 1. The Morgan fingerprint density at radius 3 is 2.38 bits per heavy atom. The lowest BCUT2D eigenvalue weighted by Gasteiger charge is -2.56. The second kappa shape index (κ2) is 5.44. The van der Waals surface area contributed by atoms with E-state index in [1.807, 2.05) is 12.1 Å². The Balaban J connectivity index is 1.28. The Hall–Kier alpha value is -0.800. The fourth-order valence-corrected chi connectivity index (χ4v) is 5.25. The van der Waals surface area contributed by atoms with Crippen LogP contribution in [-0.4, -0.2) is 23.7 Å². The number of aromatic nitrogens is 1. The second-order valence-corrected chi connectivity index (χ2v) is 7.67. The lowest BCUT2D eigenvalue weighted by atomic mass is 9.54. The molecule has 0 spiro atoms. The van der Waals surface area contributed by atoms with Crippen LogP contribution in [0.1, 0.15) is 38.5 Å². The van der Waals surface area contributed by atoms with Gasteiger partial charge < -0.3 is 10.1 Å². The zero-order chi connectivity index (χ0) is 14.3. The molecule has 1 N–H and O–H groups in total. The van der Waals surface area contributed by atoms with E-state index in [0.29, 0.717) is 5.02 Å². The fourth-order valence-electron chi connectivity index (χ4n) is 5.13. The standard InChI is InChI=1S/C17H23ClN2O/c18-15-1-2-16(20-11-15)19-3-4-21-17-8-12-5-13(9-17)7-14(6-12)10-17/h1-2,11-14H,3-10H2,(H,19,20). The lowest BCUT2D eigenvalue weighted by molar-refractivity contribution is -0.159. The molecule has 0 aliphatic heterocycles. The van der Waals surface area contributed by atoms with Crippen molar-refractivity contribution in [3.8, 4) is 0 Å². The molecule has 4 bridgehead atoms. The molecule has 3 nitrogen and oxygen atoms in total. The quantitative estimate of drug-likeness (QED) is 0.830. The maximum Gasteiger partial charge on any atom is 0.126 e. The molecule has 21 heavy (non-hydrogen) atoms. The number of hydrogen-bond acceptors (Lipinski definition) is 3. The Labute approximate surface area is 131 Å². The molecule has 0 saturated heterocycles. The average molecular weight is 307 g/mol. The first kappa shape index (κ1) is 13.8. The topological polar surface area (TPSA) is 34.1 Å². The Morgan fingerprint density at radius 2 is 1.81 bits per heavy atom. The van der Waals surface area contributed by atoms with Crippen molar-refractivity contribution < 1.29 is 4.74 Å². The first-order valence-corrected chi connectivity index (χ1v) is 8.58. The molecule has 4 fully saturated rings. The predicted octanol–water partition coefficient (Wildman–Crippen LogP) is 4.13. The van der Waals surface area contributed by atoms with Crippen molar-refractivity contribution in [3.05, 3.63) is 23.4 Å². The molecule has 0 unspecified atom stereocenters. The van der Waals surface area contributed by atoms with E-state index in [4.69, 9.17) is 16.3 Å². The number of nitrogens with zero attached hydrogens (tertiary/aromatic N) is 1. The van der Waals surface area contributed by atoms with Gasteiger partial charge in [-0.25, -0.2) is 4.98 Å². The van der Waals surface area contributed by atoms with Crippen LogP contribution in [0.4, 0.5) is 5.82 Å². The first-order chi connectivity index (χ1) is 10.2. The maximum absolute atomic E-state index is 6.37. The van der Waals surface area contributed by atoms with Crippen molar-refractivity contribution in [2.75, 3.05) is 18.5 Å². The second-order valence-electron chi connectivity index (χ2n) is 7.24. The summed E-state index contributed by atoms with van der Waals surface area (Å²) in [6.07, 6.45) is 9.99. The zero-order valence-electron chi connectivity index (χ0n) is 12.4. The summed E-state index contributed by atoms with van der Waals surface area (Å²) in [6.45, 7) is 1.59. The van der Waals surface area contributed by atoms with E-state index in [0.717, 1.165) is 36.7 Å². The van der Waals surface area contributed by atoms with Gasteiger partial charge in [-0.05, 0) is 68.4 Å². The highest BCUT2D eigenvalue weighted by molar-refractivity contribution is 6.30. The number of halogens is 1. The van der Waals surface area contributed by atoms with Crippen LogP contribution in [0.3, 0.4) is 0 Å². The molecule has 1 aromatic heterocycles. The van der Waals surface area contributed by atoms with E-state index in [1.165, 1.54) is 38.5 Å². The van der Waals surface area contributed by atoms with E-state index in [2.05, 4.69) is 10.3 Å². The summed E-state index contributed by atoms with van der Waals surface area (Å²) in [5.41, 5.74) is 0.212. The highest BCUT2D eigenvalue weighted by Crippen LogP contribution is 2.57. The van der Waals surface area contributed by atoms with Gasteiger partial charge in [-0.1, -0.05) is 11.6 Å². The van der Waals surface area contributed by atoms with Gasteiger partial charge in [-0.15, -0.1) is 0 Å². The van der Waals surface area contributed by atoms with Crippen LogP contribution >= 0.6 is 11.6 Å². The lowest BCUT2D eigenvalue weighted by Crippen LogP contribution is -2.52. The van der Waals surface area contributed by atoms with Crippen LogP contribution in [0.5, 0.6) is 0 Å². The Kier molecular flexibility index (Phi) is 3.58. The highest BCUT2D eigenvalue weighted by Gasteiger charge is 2.51. The van der Waals surface area contributed by atoms with Crippen LogP contribution in [0.2, 0.25) is 5.02 Å². The van der Waals surface area contributed by atoms with Gasteiger partial charge in [-0.3, -0.25) is 0 Å². The number of hydrogen-bond donors (Lipinski definition) is 1. The van der Waals surface area contributed by atoms with Crippen molar-refractivity contribution >= 4 is 17.4 Å². The summed E-state index contributed by atoms with van der Waals surface area (Å²) in [4.78, 5) is 4.24. The molecule has 5 rings (SSSR count). The Bertz CT molecular complexity index is 467. The minimum Gasteiger partial charge on any atom is -0.373 e. The molecule has 0 amide bonds. The molecule has 4 saturated carbocycles. The predicted molar refractivity (Wildman–Crippen MR) is 84.6 cm³/mol. The monoisotopic (exact) mass is 306 g/mol. The molecule has 4 aliphatic rings. The van der Waals surface area contributed by atoms with E-state index in [-0.39, 0.29) is 5.60 Å². The van der Waals surface area contributed by atoms with Gasteiger partial charge in [0.1, 0.15) is 5.82 Å². The molecule has 4 aliphatic carbocycles. The van der Waals surface area contributed by atoms with Gasteiger partial charge in [0.15, 0.2) is 0 Å². The number of rotatable bonds is 5. The van der Waals surface area contributed by atoms with Crippen LogP contribution in [0, 0.1) is 17.8 Å². The van der Waals surface area contributed by atoms with Crippen molar-refractivity contribution in [1.82, 2.24) is 4.98 Å². The van der Waals surface area contributed by atoms with Crippen molar-refractivity contribution in [1.29, 1.82) is 0 Å². The average Bonchev–Trinajstić information content (AvgIpc) is 2.44. The van der Waals surface area contributed by atoms with Crippen LogP contribution < -0.4 is 5.32 Å². The SMILES string of the molecule is Clc1ccc(NCCOC23CC4CC(CC(C4)C2)C3)nc1. The van der Waals surface area contributed by atoms with Crippen molar-refractivity contribution in [2.24, 2.45) is 17.8 Å². The van der Waals surface area contributed by atoms with Gasteiger partial charge in [0.05, 0.1) is 17.2 Å². The van der Waals surface area contributed by atoms with Gasteiger partial charge in [0, 0.05) is 12.7 Å². The minimum absolute atomic E-state index is 0.212. The third-order valence-electron chi connectivity index (χ3n) is 5.53. The summed E-state index contributed by atoms with van der Waals surface area (Å²) in [5.74, 6) is 3.71. The van der Waals surface area contributed by atoms with Gasteiger partial charge in [0.2, 0.25) is 0 Å². The molecular formula is C17H23ClN2O. The molecule has 0 atom stereocenters. The Morgan fingerprint density at radius 1 is 1.14 bits per heavy atom. The molecule has 0 radical (unpaired) electrons. The summed E-state index contributed by atoms with van der Waals surface area (Å²) in [5, 5.41) is 3.98. The van der Waals surface area contributed by atoms with Gasteiger partial charge >= 0.3 is 0 Å². The summed E-state index contributed by atoms with van der Waals surface area (Å²) in [7, 11) is 0. The molecule has 4 heteroatoms. The summed E-state index contributed by atoms with van der Waals surface area (Å²) >= 11 is 5.83. The number of pyridine rings is 1. The smallest absolute Gasteiger partial charge is 0.126 e. The van der Waals surface area contributed by atoms with Crippen LogP contribution in [-0.2, 0) is 4.74 Å². The van der Waals surface area contributed by atoms with Gasteiger partial charge in [-0.2, -0.15) is 0 Å². The highest BCUT2D eigenvalue weighted by atomic mass is 35.5. The maximum atomic E-state index is 6.37. The third kappa shape index (κ3) is 2.91. The summed E-state index contributed by atoms with van der Waals surface area (Å²) in [6, 6.07) is 3.77. The summed E-state index contributed by atoms with van der Waals surface area (Å²) < 4.78 is 6.37. The number of anilines is 1. The van der Waals surface area contributed by atoms with Crippen LogP contribution in [0.25, 0.3) is 0 Å². The largest absolute Gasteiger partial charge is 0.373 e. The molecular weight excluding hydrogens is 284 g/mol. The van der Waals surface area contributed by atoms with E-state index in [1.54, 1.807) is 6.20 Å². The van der Waals surface area contributed by atoms with E-state index < -0.39 is 0 Å². The van der Waals surface area contributed by atoms with Crippen LogP contribution in [0.15, 0.2) is 18.3 Å². The first-order valence-electron chi connectivity index (χ1n) is 8.20. The van der Waals surface area contributed by atoms with Crippen molar-refractivity contribution in [2.45, 2.75) is 44.1 Å².